The number of pyridine rings is 1. The number of rotatable bonds is 5. The van der Waals surface area contributed by atoms with E-state index in [1.165, 1.54) is 0 Å². The van der Waals surface area contributed by atoms with E-state index in [1.54, 1.807) is 32.4 Å². The van der Waals surface area contributed by atoms with Crippen molar-refractivity contribution in [2.45, 2.75) is 13.5 Å². The lowest BCUT2D eigenvalue weighted by molar-refractivity contribution is 0.0625. The quantitative estimate of drug-likeness (QED) is 0.644. The molecule has 3 aromatic rings. The summed E-state index contributed by atoms with van der Waals surface area (Å²) < 4.78 is 12.4. The number of benzene rings is 1. The van der Waals surface area contributed by atoms with E-state index in [4.69, 9.17) is 9.47 Å². The molecular weight excluding hydrogens is 382 g/mol. The predicted molar refractivity (Wildman–Crippen MR) is 114 cm³/mol. The molecule has 0 radical (unpaired) electrons. The number of methoxy groups -OCH3 is 2. The number of nitrogens with zero attached hydrogens (tertiary/aromatic N) is 5. The highest BCUT2D eigenvalue weighted by atomic mass is 16.5. The number of aryl methyl sites for hydroxylation is 2. The number of amides is 1. The molecule has 1 amide bonds. The maximum Gasteiger partial charge on any atom is 0.257 e. The van der Waals surface area contributed by atoms with Gasteiger partial charge in [0, 0.05) is 57.4 Å². The van der Waals surface area contributed by atoms with Gasteiger partial charge in [0.05, 0.1) is 25.5 Å². The minimum Gasteiger partial charge on any atom is -0.497 e. The number of ether oxygens (including phenoxy) is 2. The summed E-state index contributed by atoms with van der Waals surface area (Å²) >= 11 is 0. The lowest BCUT2D eigenvalue weighted by Crippen LogP contribution is -2.48. The van der Waals surface area contributed by atoms with Crippen LogP contribution in [0.5, 0.6) is 11.5 Å². The molecule has 1 saturated heterocycles. The van der Waals surface area contributed by atoms with Crippen molar-refractivity contribution in [2.24, 2.45) is 7.05 Å². The Morgan fingerprint density at radius 1 is 1.10 bits per heavy atom. The zero-order valence-electron chi connectivity index (χ0n) is 17.9. The maximum atomic E-state index is 13.0. The van der Waals surface area contributed by atoms with Crippen molar-refractivity contribution >= 4 is 16.9 Å². The van der Waals surface area contributed by atoms with Gasteiger partial charge in [-0.05, 0) is 30.7 Å². The van der Waals surface area contributed by atoms with Crippen molar-refractivity contribution in [3.63, 3.8) is 0 Å². The average Bonchev–Trinajstić information content (AvgIpc) is 3.06. The molecule has 0 N–H and O–H groups in total. The summed E-state index contributed by atoms with van der Waals surface area (Å²) in [4.78, 5) is 21.8. The number of carbonyl (C=O) groups excluding carboxylic acids is 1. The summed E-state index contributed by atoms with van der Waals surface area (Å²) in [6.07, 6.45) is 1.92. The van der Waals surface area contributed by atoms with Crippen LogP contribution in [0.3, 0.4) is 0 Å². The molecule has 0 aliphatic carbocycles. The molecule has 0 atom stereocenters. The summed E-state index contributed by atoms with van der Waals surface area (Å²) in [7, 11) is 5.08. The summed E-state index contributed by atoms with van der Waals surface area (Å²) in [6.45, 7) is 5.80. The first kappa shape index (κ1) is 20.2. The topological polar surface area (TPSA) is 72.7 Å². The Kier molecular flexibility index (Phi) is 5.59. The van der Waals surface area contributed by atoms with Crippen LogP contribution in [-0.2, 0) is 13.6 Å². The molecule has 8 heteroatoms. The largest absolute Gasteiger partial charge is 0.497 e. The Labute approximate surface area is 176 Å². The molecule has 4 rings (SSSR count). The number of hydrogen-bond acceptors (Lipinski definition) is 6. The highest BCUT2D eigenvalue weighted by Gasteiger charge is 2.25. The van der Waals surface area contributed by atoms with Crippen LogP contribution >= 0.6 is 0 Å². The zero-order valence-corrected chi connectivity index (χ0v) is 17.9. The molecule has 2 aromatic heterocycles. The molecule has 0 spiro atoms. The van der Waals surface area contributed by atoms with Gasteiger partial charge >= 0.3 is 0 Å². The van der Waals surface area contributed by atoms with Gasteiger partial charge in [0.25, 0.3) is 5.91 Å². The Morgan fingerprint density at radius 2 is 1.87 bits per heavy atom. The Hall–Kier alpha value is -3.13. The van der Waals surface area contributed by atoms with Gasteiger partial charge in [0.1, 0.15) is 11.5 Å². The Morgan fingerprint density at radius 3 is 2.57 bits per heavy atom. The number of carbonyl (C=O) groups is 1. The van der Waals surface area contributed by atoms with Crippen LogP contribution in [0.15, 0.2) is 30.5 Å². The van der Waals surface area contributed by atoms with Crippen molar-refractivity contribution in [1.29, 1.82) is 0 Å². The van der Waals surface area contributed by atoms with E-state index in [9.17, 15) is 4.79 Å². The lowest BCUT2D eigenvalue weighted by atomic mass is 10.1. The molecule has 0 unspecified atom stereocenters. The summed E-state index contributed by atoms with van der Waals surface area (Å²) in [5.74, 6) is 1.19. The van der Waals surface area contributed by atoms with E-state index < -0.39 is 0 Å². The molecular formula is C22H27N5O3. The molecule has 0 bridgehead atoms. The fourth-order valence-corrected chi connectivity index (χ4v) is 3.95. The smallest absolute Gasteiger partial charge is 0.257 e. The molecule has 158 valence electrons. The minimum atomic E-state index is -0.0109. The van der Waals surface area contributed by atoms with Gasteiger partial charge in [0.15, 0.2) is 5.65 Å². The van der Waals surface area contributed by atoms with E-state index in [0.29, 0.717) is 30.2 Å². The SMILES string of the molecule is COc1ccc(C(=O)N2CCN(Cc3cnc4c(c3)c(C)nn4C)CC2)c(OC)c1. The first-order chi connectivity index (χ1) is 14.5. The summed E-state index contributed by atoms with van der Waals surface area (Å²) in [5, 5.41) is 5.53. The third kappa shape index (κ3) is 3.82. The lowest BCUT2D eigenvalue weighted by Gasteiger charge is -2.35. The van der Waals surface area contributed by atoms with Gasteiger partial charge in [-0.1, -0.05) is 0 Å². The number of aromatic nitrogens is 3. The van der Waals surface area contributed by atoms with Crippen molar-refractivity contribution in [3.8, 4) is 11.5 Å². The Balaban J connectivity index is 1.40. The first-order valence-corrected chi connectivity index (χ1v) is 10.0. The number of piperazine rings is 1. The van der Waals surface area contributed by atoms with Crippen LogP contribution in [0.25, 0.3) is 11.0 Å². The van der Waals surface area contributed by atoms with Gasteiger partial charge in [-0.2, -0.15) is 5.10 Å². The highest BCUT2D eigenvalue weighted by molar-refractivity contribution is 5.97. The third-order valence-electron chi connectivity index (χ3n) is 5.62. The normalized spacial score (nSPS) is 14.9. The summed E-state index contributed by atoms with van der Waals surface area (Å²) in [6, 6.07) is 7.47. The first-order valence-electron chi connectivity index (χ1n) is 10.0. The number of hydrogen-bond donors (Lipinski definition) is 0. The average molecular weight is 409 g/mol. The van der Waals surface area contributed by atoms with Crippen LogP contribution in [0.2, 0.25) is 0 Å². The molecule has 8 nitrogen and oxygen atoms in total. The minimum absolute atomic E-state index is 0.0109. The fourth-order valence-electron chi connectivity index (χ4n) is 3.95. The summed E-state index contributed by atoms with van der Waals surface area (Å²) in [5.41, 5.74) is 3.62. The molecule has 1 aromatic carbocycles. The van der Waals surface area contributed by atoms with E-state index in [-0.39, 0.29) is 5.91 Å². The van der Waals surface area contributed by atoms with E-state index in [0.717, 1.165) is 41.9 Å². The van der Waals surface area contributed by atoms with E-state index in [2.05, 4.69) is 21.0 Å². The Bertz CT molecular complexity index is 1070. The molecule has 1 fully saturated rings. The predicted octanol–water partition coefficient (Wildman–Crippen LogP) is 2.25. The highest BCUT2D eigenvalue weighted by Crippen LogP contribution is 2.26. The molecule has 0 saturated carbocycles. The fraction of sp³-hybridized carbons (Fsp3) is 0.409. The van der Waals surface area contributed by atoms with Gasteiger partial charge in [-0.25, -0.2) is 4.98 Å². The van der Waals surface area contributed by atoms with Gasteiger partial charge < -0.3 is 14.4 Å². The van der Waals surface area contributed by atoms with Crippen LogP contribution < -0.4 is 9.47 Å². The van der Waals surface area contributed by atoms with Crippen LogP contribution in [-0.4, -0.2) is 70.9 Å². The molecule has 3 heterocycles. The standard InChI is InChI=1S/C22H27N5O3/c1-15-19-11-16(13-23-21(19)25(2)24-15)14-26-7-9-27(10-8-26)22(28)18-6-5-17(29-3)12-20(18)30-4/h5-6,11-13H,7-10,14H2,1-4H3. The molecule has 1 aliphatic heterocycles. The second kappa shape index (κ2) is 8.31. The van der Waals surface area contributed by atoms with Crippen molar-refractivity contribution < 1.29 is 14.3 Å². The van der Waals surface area contributed by atoms with Crippen LogP contribution in [0, 0.1) is 6.92 Å². The van der Waals surface area contributed by atoms with Crippen molar-refractivity contribution in [3.05, 3.63) is 47.3 Å². The van der Waals surface area contributed by atoms with Crippen LogP contribution in [0.1, 0.15) is 21.6 Å². The second-order valence-corrected chi connectivity index (χ2v) is 7.56. The monoisotopic (exact) mass is 409 g/mol. The third-order valence-corrected chi connectivity index (χ3v) is 5.62. The van der Waals surface area contributed by atoms with Gasteiger partial charge in [0.2, 0.25) is 0 Å². The number of fused-ring (bicyclic) bond motifs is 1. The maximum absolute atomic E-state index is 13.0. The van der Waals surface area contributed by atoms with E-state index in [1.807, 2.05) is 29.7 Å². The van der Waals surface area contributed by atoms with Crippen LogP contribution in [0.4, 0.5) is 0 Å². The molecule has 30 heavy (non-hydrogen) atoms. The van der Waals surface area contributed by atoms with Crippen molar-refractivity contribution in [1.82, 2.24) is 24.6 Å². The van der Waals surface area contributed by atoms with Gasteiger partial charge in [-0.15, -0.1) is 0 Å². The second-order valence-electron chi connectivity index (χ2n) is 7.56. The van der Waals surface area contributed by atoms with Crippen molar-refractivity contribution in [2.75, 3.05) is 40.4 Å². The zero-order chi connectivity index (χ0) is 21.3. The molecule has 1 aliphatic rings. The van der Waals surface area contributed by atoms with E-state index >= 15 is 0 Å². The van der Waals surface area contributed by atoms with Gasteiger partial charge in [-0.3, -0.25) is 14.4 Å².